The fourth-order valence-electron chi connectivity index (χ4n) is 3.98. The SMILES string of the molecule is O=C1C(C2=Nc3ccccc3N[C@H](c3ccccc3O)C2)=C(O)c2ccccc21. The minimum atomic E-state index is -0.310. The van der Waals surface area contributed by atoms with E-state index in [1.165, 1.54) is 0 Å². The molecule has 3 aromatic carbocycles. The number of rotatable bonds is 2. The lowest BCUT2D eigenvalue weighted by Crippen LogP contribution is -2.18. The maximum atomic E-state index is 13.1. The molecule has 0 unspecified atom stereocenters. The van der Waals surface area contributed by atoms with Gasteiger partial charge >= 0.3 is 0 Å². The quantitative estimate of drug-likeness (QED) is 0.570. The topological polar surface area (TPSA) is 81.9 Å². The fourth-order valence-corrected chi connectivity index (χ4v) is 3.98. The second kappa shape index (κ2) is 6.63. The maximum Gasteiger partial charge on any atom is 0.199 e. The summed E-state index contributed by atoms with van der Waals surface area (Å²) < 4.78 is 0. The number of benzene rings is 3. The lowest BCUT2D eigenvalue weighted by atomic mass is 9.95. The first-order chi connectivity index (χ1) is 14.1. The average Bonchev–Trinajstić information content (AvgIpc) is 2.88. The molecule has 5 heteroatoms. The summed E-state index contributed by atoms with van der Waals surface area (Å²) in [5.74, 6) is -0.102. The number of carbonyl (C=O) groups is 1. The van der Waals surface area contributed by atoms with Crippen LogP contribution in [0.4, 0.5) is 11.4 Å². The Balaban J connectivity index is 1.66. The predicted octanol–water partition coefficient (Wildman–Crippen LogP) is 5.19. The highest BCUT2D eigenvalue weighted by atomic mass is 16.3. The van der Waals surface area contributed by atoms with Crippen LogP contribution in [0.2, 0.25) is 0 Å². The molecule has 0 spiro atoms. The molecule has 1 aliphatic heterocycles. The van der Waals surface area contributed by atoms with Crippen molar-refractivity contribution in [2.75, 3.05) is 5.32 Å². The van der Waals surface area contributed by atoms with Gasteiger partial charge in [0.1, 0.15) is 11.5 Å². The predicted molar refractivity (Wildman–Crippen MR) is 113 cm³/mol. The van der Waals surface area contributed by atoms with Gasteiger partial charge in [-0.1, -0.05) is 54.6 Å². The molecule has 142 valence electrons. The minimum absolute atomic E-state index is 0.0419. The standard InChI is InChI=1S/C24H18N2O3/c27-21-12-6-3-9-16(21)19-13-20(26-18-11-5-4-10-17(18)25-19)22-23(28)14-7-1-2-8-15(14)24(22)29/h1-12,19,25,27-28H,13H2/t19-/m0/s1. The van der Waals surface area contributed by atoms with Gasteiger partial charge in [0.15, 0.2) is 5.78 Å². The number of allylic oxidation sites excluding steroid dienone is 1. The Morgan fingerprint density at radius 3 is 2.34 bits per heavy atom. The van der Waals surface area contributed by atoms with Crippen molar-refractivity contribution < 1.29 is 15.0 Å². The molecule has 1 aliphatic carbocycles. The van der Waals surface area contributed by atoms with E-state index in [0.717, 1.165) is 5.69 Å². The Labute approximate surface area is 167 Å². The number of nitrogens with zero attached hydrogens (tertiary/aromatic N) is 1. The van der Waals surface area contributed by atoms with Crippen LogP contribution in [-0.4, -0.2) is 21.7 Å². The molecule has 29 heavy (non-hydrogen) atoms. The Kier molecular flexibility index (Phi) is 3.95. The van der Waals surface area contributed by atoms with E-state index in [0.29, 0.717) is 34.5 Å². The van der Waals surface area contributed by atoms with Crippen LogP contribution in [0.25, 0.3) is 5.76 Å². The van der Waals surface area contributed by atoms with Crippen molar-refractivity contribution in [3.63, 3.8) is 0 Å². The van der Waals surface area contributed by atoms with Gasteiger partial charge in [0, 0.05) is 23.1 Å². The van der Waals surface area contributed by atoms with Gasteiger partial charge in [-0.15, -0.1) is 0 Å². The Morgan fingerprint density at radius 1 is 0.862 bits per heavy atom. The molecule has 3 N–H and O–H groups in total. The summed E-state index contributed by atoms with van der Waals surface area (Å²) in [6.45, 7) is 0. The number of para-hydroxylation sites is 3. The highest BCUT2D eigenvalue weighted by Gasteiger charge is 2.35. The first-order valence-electron chi connectivity index (χ1n) is 9.42. The van der Waals surface area contributed by atoms with Crippen LogP contribution in [-0.2, 0) is 0 Å². The van der Waals surface area contributed by atoms with Gasteiger partial charge in [0.2, 0.25) is 0 Å². The van der Waals surface area contributed by atoms with Gasteiger partial charge in [0.05, 0.1) is 28.7 Å². The van der Waals surface area contributed by atoms with Gasteiger partial charge in [-0.3, -0.25) is 9.79 Å². The highest BCUT2D eigenvalue weighted by molar-refractivity contribution is 6.36. The molecule has 5 rings (SSSR count). The van der Waals surface area contributed by atoms with Crippen molar-refractivity contribution >= 4 is 28.6 Å². The molecular formula is C24H18N2O3. The molecule has 0 saturated heterocycles. The Morgan fingerprint density at radius 2 is 1.55 bits per heavy atom. The number of Topliss-reactive ketones (excluding diaryl/α,β-unsaturated/α-hetero) is 1. The molecular weight excluding hydrogens is 364 g/mol. The molecule has 3 aromatic rings. The number of aliphatic hydroxyl groups excluding tert-OH is 1. The number of phenolic OH excluding ortho intramolecular Hbond substituents is 1. The van der Waals surface area contributed by atoms with Gasteiger partial charge in [0.25, 0.3) is 0 Å². The molecule has 0 bridgehead atoms. The zero-order valence-corrected chi connectivity index (χ0v) is 15.5. The molecule has 0 saturated carbocycles. The van der Waals surface area contributed by atoms with Crippen molar-refractivity contribution in [1.82, 2.24) is 0 Å². The van der Waals surface area contributed by atoms with Crippen LogP contribution < -0.4 is 5.32 Å². The number of ketones is 1. The number of hydrogen-bond acceptors (Lipinski definition) is 5. The third-order valence-corrected chi connectivity index (χ3v) is 5.38. The minimum Gasteiger partial charge on any atom is -0.508 e. The zero-order chi connectivity index (χ0) is 20.0. The van der Waals surface area contributed by atoms with Crippen LogP contribution in [0.15, 0.2) is 83.4 Å². The summed E-state index contributed by atoms with van der Waals surface area (Å²) >= 11 is 0. The number of fused-ring (bicyclic) bond motifs is 2. The molecule has 0 radical (unpaired) electrons. The smallest absolute Gasteiger partial charge is 0.199 e. The van der Waals surface area contributed by atoms with Crippen molar-refractivity contribution in [2.24, 2.45) is 4.99 Å². The van der Waals surface area contributed by atoms with Crippen LogP contribution in [0.5, 0.6) is 5.75 Å². The van der Waals surface area contributed by atoms with E-state index in [2.05, 4.69) is 5.32 Å². The van der Waals surface area contributed by atoms with Crippen LogP contribution in [0.3, 0.4) is 0 Å². The number of hydrogen-bond donors (Lipinski definition) is 3. The number of aliphatic imine (C=N–C) groups is 1. The van der Waals surface area contributed by atoms with E-state index in [4.69, 9.17) is 4.99 Å². The first kappa shape index (κ1) is 17.3. The number of aromatic hydroxyl groups is 1. The molecule has 0 amide bonds. The maximum absolute atomic E-state index is 13.1. The molecule has 1 atom stereocenters. The van der Waals surface area contributed by atoms with Crippen molar-refractivity contribution in [1.29, 1.82) is 0 Å². The third-order valence-electron chi connectivity index (χ3n) is 5.38. The number of nitrogens with one attached hydrogen (secondary N) is 1. The van der Waals surface area contributed by atoms with E-state index in [9.17, 15) is 15.0 Å². The Hall–Kier alpha value is -3.86. The van der Waals surface area contributed by atoms with Crippen LogP contribution in [0, 0.1) is 0 Å². The lowest BCUT2D eigenvalue weighted by Gasteiger charge is -2.20. The fraction of sp³-hybridized carbons (Fsp3) is 0.0833. The first-order valence-corrected chi connectivity index (χ1v) is 9.42. The number of anilines is 1. The average molecular weight is 382 g/mol. The van der Waals surface area contributed by atoms with Crippen LogP contribution >= 0.6 is 0 Å². The molecule has 5 nitrogen and oxygen atoms in total. The van der Waals surface area contributed by atoms with E-state index < -0.39 is 0 Å². The monoisotopic (exact) mass is 382 g/mol. The molecule has 0 aromatic heterocycles. The lowest BCUT2D eigenvalue weighted by molar-refractivity contribution is 0.104. The molecule has 1 heterocycles. The summed E-state index contributed by atoms with van der Waals surface area (Å²) in [5.41, 5.74) is 3.93. The van der Waals surface area contributed by atoms with Gasteiger partial charge in [-0.05, 0) is 18.2 Å². The summed E-state index contributed by atoms with van der Waals surface area (Å²) in [6.07, 6.45) is 0.339. The highest BCUT2D eigenvalue weighted by Crippen LogP contribution is 2.40. The van der Waals surface area contributed by atoms with Crippen LogP contribution in [0.1, 0.15) is 33.9 Å². The largest absolute Gasteiger partial charge is 0.508 e. The van der Waals surface area contributed by atoms with E-state index >= 15 is 0 Å². The molecule has 2 aliphatic rings. The number of carbonyl (C=O) groups excluding carboxylic acids is 1. The van der Waals surface area contributed by atoms with E-state index in [-0.39, 0.29) is 28.9 Å². The van der Waals surface area contributed by atoms with E-state index in [1.54, 1.807) is 36.4 Å². The van der Waals surface area contributed by atoms with Gasteiger partial charge in [-0.2, -0.15) is 0 Å². The number of phenols is 1. The second-order valence-electron chi connectivity index (χ2n) is 7.13. The summed E-state index contributed by atoms with van der Waals surface area (Å²) in [5, 5.41) is 24.6. The third kappa shape index (κ3) is 2.79. The van der Waals surface area contributed by atoms with E-state index in [1.807, 2.05) is 36.4 Å². The summed E-state index contributed by atoms with van der Waals surface area (Å²) in [7, 11) is 0. The Bertz CT molecular complexity index is 1210. The summed E-state index contributed by atoms with van der Waals surface area (Å²) in [6, 6.07) is 21.4. The van der Waals surface area contributed by atoms with Crippen molar-refractivity contribution in [2.45, 2.75) is 12.5 Å². The normalized spacial score (nSPS) is 17.9. The second-order valence-corrected chi connectivity index (χ2v) is 7.13. The van der Waals surface area contributed by atoms with Crippen molar-refractivity contribution in [3.05, 3.63) is 95.1 Å². The van der Waals surface area contributed by atoms with Crippen molar-refractivity contribution in [3.8, 4) is 5.75 Å². The van der Waals surface area contributed by atoms with Gasteiger partial charge < -0.3 is 15.5 Å². The zero-order valence-electron chi connectivity index (χ0n) is 15.5. The summed E-state index contributed by atoms with van der Waals surface area (Å²) in [4.78, 5) is 17.8. The molecule has 0 fully saturated rings. The number of aliphatic hydroxyl groups is 1. The van der Waals surface area contributed by atoms with Gasteiger partial charge in [-0.25, -0.2) is 0 Å².